The molecule has 0 fully saturated rings. The summed E-state index contributed by atoms with van der Waals surface area (Å²) < 4.78 is 12.8. The fourth-order valence-electron chi connectivity index (χ4n) is 2.80. The second kappa shape index (κ2) is 10.2. The number of pyridine rings is 1. The summed E-state index contributed by atoms with van der Waals surface area (Å²) in [5.74, 6) is 1.48. The highest BCUT2D eigenvalue weighted by atomic mass is 79.9. The van der Waals surface area contributed by atoms with E-state index in [9.17, 15) is 0 Å². The molecule has 1 heterocycles. The first-order chi connectivity index (χ1) is 13.7. The average molecular weight is 441 g/mol. The standard InChI is InChI=1S/C23H25BrN2O2/c1-3-27-22-13-19(14-25-15-20-6-4-5-11-26-20)12-21(24)23(22)28-16-18-9-7-17(2)8-10-18/h4-13,25H,3,14-16H2,1-2H3. The van der Waals surface area contributed by atoms with Gasteiger partial charge in [-0.15, -0.1) is 0 Å². The first kappa shape index (κ1) is 20.4. The fourth-order valence-corrected chi connectivity index (χ4v) is 3.41. The summed E-state index contributed by atoms with van der Waals surface area (Å²) in [6.45, 7) is 6.56. The molecular formula is C23H25BrN2O2. The van der Waals surface area contributed by atoms with Gasteiger partial charge in [0, 0.05) is 19.3 Å². The van der Waals surface area contributed by atoms with Gasteiger partial charge in [-0.25, -0.2) is 0 Å². The molecule has 0 amide bonds. The Labute approximate surface area is 175 Å². The van der Waals surface area contributed by atoms with Crippen molar-refractivity contribution in [1.82, 2.24) is 10.3 Å². The van der Waals surface area contributed by atoms with Crippen molar-refractivity contribution in [3.05, 3.63) is 87.7 Å². The summed E-state index contributed by atoms with van der Waals surface area (Å²) in [5.41, 5.74) is 4.50. The normalized spacial score (nSPS) is 10.7. The van der Waals surface area contributed by atoms with E-state index >= 15 is 0 Å². The van der Waals surface area contributed by atoms with Gasteiger partial charge in [0.1, 0.15) is 6.61 Å². The van der Waals surface area contributed by atoms with Crippen LogP contribution in [-0.4, -0.2) is 11.6 Å². The van der Waals surface area contributed by atoms with Crippen molar-refractivity contribution in [3.8, 4) is 11.5 Å². The van der Waals surface area contributed by atoms with Gasteiger partial charge in [-0.2, -0.15) is 0 Å². The minimum atomic E-state index is 0.496. The third-order valence-electron chi connectivity index (χ3n) is 4.23. The van der Waals surface area contributed by atoms with E-state index in [0.29, 0.717) is 26.3 Å². The van der Waals surface area contributed by atoms with Crippen molar-refractivity contribution in [1.29, 1.82) is 0 Å². The smallest absolute Gasteiger partial charge is 0.175 e. The van der Waals surface area contributed by atoms with E-state index in [1.807, 2.05) is 31.2 Å². The van der Waals surface area contributed by atoms with Gasteiger partial charge < -0.3 is 14.8 Å². The summed E-state index contributed by atoms with van der Waals surface area (Å²) in [7, 11) is 0. The van der Waals surface area contributed by atoms with Crippen LogP contribution >= 0.6 is 15.9 Å². The Hall–Kier alpha value is -2.37. The monoisotopic (exact) mass is 440 g/mol. The molecule has 2 aromatic carbocycles. The summed E-state index contributed by atoms with van der Waals surface area (Å²) >= 11 is 3.64. The molecule has 3 aromatic rings. The van der Waals surface area contributed by atoms with E-state index in [1.54, 1.807) is 6.20 Å². The zero-order valence-electron chi connectivity index (χ0n) is 16.2. The summed E-state index contributed by atoms with van der Waals surface area (Å²) in [5, 5.41) is 3.42. The third-order valence-corrected chi connectivity index (χ3v) is 4.82. The van der Waals surface area contributed by atoms with Crippen molar-refractivity contribution < 1.29 is 9.47 Å². The molecule has 146 valence electrons. The average Bonchev–Trinajstić information content (AvgIpc) is 2.70. The molecule has 0 saturated carbocycles. The zero-order valence-corrected chi connectivity index (χ0v) is 17.8. The summed E-state index contributed by atoms with van der Waals surface area (Å²) in [6, 6.07) is 18.4. The number of rotatable bonds is 9. The van der Waals surface area contributed by atoms with Crippen molar-refractivity contribution in [2.45, 2.75) is 33.5 Å². The van der Waals surface area contributed by atoms with Crippen LogP contribution in [0.1, 0.15) is 29.3 Å². The van der Waals surface area contributed by atoms with Crippen LogP contribution in [0.15, 0.2) is 65.3 Å². The van der Waals surface area contributed by atoms with Crippen molar-refractivity contribution in [3.63, 3.8) is 0 Å². The van der Waals surface area contributed by atoms with Gasteiger partial charge in [0.05, 0.1) is 16.8 Å². The Kier molecular flexibility index (Phi) is 7.46. The van der Waals surface area contributed by atoms with Crippen LogP contribution in [0, 0.1) is 6.92 Å². The zero-order chi connectivity index (χ0) is 19.8. The number of halogens is 1. The largest absolute Gasteiger partial charge is 0.490 e. The molecule has 0 aliphatic rings. The predicted octanol–water partition coefficient (Wildman–Crippen LogP) is 5.42. The first-order valence-corrected chi connectivity index (χ1v) is 10.2. The minimum Gasteiger partial charge on any atom is -0.490 e. The lowest BCUT2D eigenvalue weighted by molar-refractivity contribution is 0.267. The lowest BCUT2D eigenvalue weighted by atomic mass is 10.1. The Morgan fingerprint density at radius 1 is 0.964 bits per heavy atom. The van der Waals surface area contributed by atoms with Gasteiger partial charge >= 0.3 is 0 Å². The highest BCUT2D eigenvalue weighted by Gasteiger charge is 2.13. The van der Waals surface area contributed by atoms with E-state index < -0.39 is 0 Å². The van der Waals surface area contributed by atoms with Crippen LogP contribution in [-0.2, 0) is 19.7 Å². The van der Waals surface area contributed by atoms with Crippen LogP contribution in [0.3, 0.4) is 0 Å². The second-order valence-corrected chi connectivity index (χ2v) is 7.39. The highest BCUT2D eigenvalue weighted by Crippen LogP contribution is 2.37. The number of aromatic nitrogens is 1. The highest BCUT2D eigenvalue weighted by molar-refractivity contribution is 9.10. The number of hydrogen-bond donors (Lipinski definition) is 1. The Morgan fingerprint density at radius 3 is 2.50 bits per heavy atom. The van der Waals surface area contributed by atoms with Crippen LogP contribution in [0.4, 0.5) is 0 Å². The molecule has 0 saturated heterocycles. The molecule has 28 heavy (non-hydrogen) atoms. The maximum Gasteiger partial charge on any atom is 0.175 e. The van der Waals surface area contributed by atoms with Crippen LogP contribution in [0.5, 0.6) is 11.5 Å². The number of benzene rings is 2. The van der Waals surface area contributed by atoms with Gasteiger partial charge in [0.25, 0.3) is 0 Å². The van der Waals surface area contributed by atoms with E-state index in [4.69, 9.17) is 9.47 Å². The Balaban J connectivity index is 1.67. The molecular weight excluding hydrogens is 416 g/mol. The minimum absolute atomic E-state index is 0.496. The topological polar surface area (TPSA) is 43.4 Å². The van der Waals surface area contributed by atoms with E-state index in [0.717, 1.165) is 32.8 Å². The molecule has 0 aliphatic carbocycles. The molecule has 0 unspecified atom stereocenters. The maximum atomic E-state index is 6.07. The maximum absolute atomic E-state index is 6.07. The predicted molar refractivity (Wildman–Crippen MR) is 116 cm³/mol. The lowest BCUT2D eigenvalue weighted by Gasteiger charge is -2.16. The number of ether oxygens (including phenoxy) is 2. The molecule has 0 bridgehead atoms. The van der Waals surface area contributed by atoms with Crippen LogP contribution in [0.25, 0.3) is 0 Å². The van der Waals surface area contributed by atoms with Crippen LogP contribution in [0.2, 0.25) is 0 Å². The van der Waals surface area contributed by atoms with Gasteiger partial charge in [0.15, 0.2) is 11.5 Å². The van der Waals surface area contributed by atoms with Gasteiger partial charge in [-0.1, -0.05) is 35.9 Å². The van der Waals surface area contributed by atoms with Gasteiger partial charge in [0.2, 0.25) is 0 Å². The molecule has 0 atom stereocenters. The number of aryl methyl sites for hydroxylation is 1. The van der Waals surface area contributed by atoms with Crippen LogP contribution < -0.4 is 14.8 Å². The lowest BCUT2D eigenvalue weighted by Crippen LogP contribution is -2.14. The molecule has 3 rings (SSSR count). The molecule has 0 aliphatic heterocycles. The van der Waals surface area contributed by atoms with Crippen molar-refractivity contribution in [2.75, 3.05) is 6.61 Å². The van der Waals surface area contributed by atoms with Crippen molar-refractivity contribution >= 4 is 15.9 Å². The Morgan fingerprint density at radius 2 is 1.79 bits per heavy atom. The quantitative estimate of drug-likeness (QED) is 0.482. The fraction of sp³-hybridized carbons (Fsp3) is 0.261. The van der Waals surface area contributed by atoms with Gasteiger partial charge in [-0.3, -0.25) is 4.98 Å². The second-order valence-electron chi connectivity index (χ2n) is 6.54. The molecule has 0 spiro atoms. The first-order valence-electron chi connectivity index (χ1n) is 9.40. The number of nitrogens with zero attached hydrogens (tertiary/aromatic N) is 1. The molecule has 4 nitrogen and oxygen atoms in total. The molecule has 0 radical (unpaired) electrons. The van der Waals surface area contributed by atoms with E-state index in [-0.39, 0.29) is 0 Å². The Bertz CT molecular complexity index is 883. The summed E-state index contributed by atoms with van der Waals surface area (Å²) in [6.07, 6.45) is 1.81. The third kappa shape index (κ3) is 5.81. The SMILES string of the molecule is CCOc1cc(CNCc2ccccn2)cc(Br)c1OCc1ccc(C)cc1. The number of hydrogen-bond acceptors (Lipinski definition) is 4. The van der Waals surface area contributed by atoms with Gasteiger partial charge in [-0.05, 0) is 65.2 Å². The molecule has 1 N–H and O–H groups in total. The van der Waals surface area contributed by atoms with Crippen molar-refractivity contribution in [2.24, 2.45) is 0 Å². The number of nitrogens with one attached hydrogen (secondary N) is 1. The molecule has 5 heteroatoms. The van der Waals surface area contributed by atoms with E-state index in [1.165, 1.54) is 5.56 Å². The summed E-state index contributed by atoms with van der Waals surface area (Å²) in [4.78, 5) is 4.33. The molecule has 1 aromatic heterocycles. The van der Waals surface area contributed by atoms with E-state index in [2.05, 4.69) is 63.5 Å².